The minimum absolute atomic E-state index is 0.0746. The molecule has 1 N–H and O–H groups in total. The smallest absolute Gasteiger partial charge is 0.169 e. The molecular weight excluding hydrogens is 358 g/mol. The van der Waals surface area contributed by atoms with Gasteiger partial charge in [-0.05, 0) is 49.0 Å². The number of thiocarbonyl (C=S) groups is 1. The van der Waals surface area contributed by atoms with Crippen molar-refractivity contribution in [2.75, 3.05) is 38.7 Å². The summed E-state index contributed by atoms with van der Waals surface area (Å²) in [5, 5.41) is 4.04. The van der Waals surface area contributed by atoms with Gasteiger partial charge in [0.15, 0.2) is 5.11 Å². The minimum atomic E-state index is 0.0746. The number of hydrogen-bond donors (Lipinski definition) is 1. The van der Waals surface area contributed by atoms with Crippen LogP contribution in [0.4, 0.5) is 5.69 Å². The Labute approximate surface area is 166 Å². The number of rotatable bonds is 6. The molecule has 144 valence electrons. The number of benzene rings is 2. The molecule has 6 heteroatoms. The van der Waals surface area contributed by atoms with Gasteiger partial charge in [0.2, 0.25) is 0 Å². The van der Waals surface area contributed by atoms with Gasteiger partial charge in [-0.2, -0.15) is 0 Å². The van der Waals surface area contributed by atoms with Crippen LogP contribution in [0.5, 0.6) is 11.5 Å². The molecule has 0 fully saturated rings. The summed E-state index contributed by atoms with van der Waals surface area (Å²) in [4.78, 5) is 4.40. The van der Waals surface area contributed by atoms with Gasteiger partial charge in [0.1, 0.15) is 17.6 Å². The number of nitrogens with one attached hydrogen (secondary N) is 1. The van der Waals surface area contributed by atoms with Gasteiger partial charge in [0.25, 0.3) is 0 Å². The molecule has 2 aromatic carbocycles. The fraction of sp³-hybridized carbons (Fsp3) is 0.381. The molecule has 0 saturated heterocycles. The van der Waals surface area contributed by atoms with Crippen molar-refractivity contribution in [2.45, 2.75) is 19.6 Å². The van der Waals surface area contributed by atoms with Crippen molar-refractivity contribution < 1.29 is 9.47 Å². The minimum Gasteiger partial charge on any atom is -0.497 e. The van der Waals surface area contributed by atoms with Gasteiger partial charge < -0.3 is 24.6 Å². The monoisotopic (exact) mass is 385 g/mol. The second-order valence-corrected chi connectivity index (χ2v) is 7.02. The molecule has 0 radical (unpaired) electrons. The summed E-state index contributed by atoms with van der Waals surface area (Å²) in [6, 6.07) is 16.2. The average molecular weight is 386 g/mol. The van der Waals surface area contributed by atoms with E-state index in [0.717, 1.165) is 41.8 Å². The maximum Gasteiger partial charge on any atom is 0.169 e. The van der Waals surface area contributed by atoms with Gasteiger partial charge in [-0.25, -0.2) is 0 Å². The van der Waals surface area contributed by atoms with Crippen molar-refractivity contribution in [3.05, 3.63) is 54.1 Å². The van der Waals surface area contributed by atoms with Crippen molar-refractivity contribution in [1.29, 1.82) is 0 Å². The summed E-state index contributed by atoms with van der Waals surface area (Å²) in [6.45, 7) is 5.41. The molecule has 27 heavy (non-hydrogen) atoms. The van der Waals surface area contributed by atoms with Crippen LogP contribution in [-0.4, -0.2) is 49.9 Å². The molecule has 0 amide bonds. The first-order valence-corrected chi connectivity index (χ1v) is 9.64. The van der Waals surface area contributed by atoms with Gasteiger partial charge in [0.05, 0.1) is 25.9 Å². The second kappa shape index (κ2) is 8.95. The van der Waals surface area contributed by atoms with Crippen LogP contribution in [-0.2, 0) is 6.54 Å². The maximum atomic E-state index is 6.19. The summed E-state index contributed by atoms with van der Waals surface area (Å²) < 4.78 is 11.4. The number of ether oxygens (including phenoxy) is 2. The number of hydrogen-bond acceptors (Lipinski definition) is 4. The lowest BCUT2D eigenvalue weighted by Gasteiger charge is -2.37. The zero-order chi connectivity index (χ0) is 19.2. The molecule has 0 aromatic heterocycles. The van der Waals surface area contributed by atoms with E-state index in [4.69, 9.17) is 21.7 Å². The van der Waals surface area contributed by atoms with Gasteiger partial charge in [-0.3, -0.25) is 0 Å². The number of para-hydroxylation sites is 2. The Morgan fingerprint density at radius 2 is 2.00 bits per heavy atom. The van der Waals surface area contributed by atoms with Crippen LogP contribution in [0.15, 0.2) is 48.5 Å². The van der Waals surface area contributed by atoms with Crippen LogP contribution in [0.3, 0.4) is 0 Å². The highest BCUT2D eigenvalue weighted by atomic mass is 32.1. The number of methoxy groups -OCH3 is 1. The van der Waals surface area contributed by atoms with Gasteiger partial charge in [-0.1, -0.05) is 24.3 Å². The molecule has 0 unspecified atom stereocenters. The molecule has 0 bridgehead atoms. The zero-order valence-corrected chi connectivity index (χ0v) is 17.0. The topological polar surface area (TPSA) is 37.0 Å². The molecule has 1 heterocycles. The SMILES string of the molecule is CCN1C[C@@H](CN(C)C(=S)NCc2ccc(OC)cc2)Oc2ccccc21. The molecule has 0 saturated carbocycles. The molecule has 0 spiro atoms. The first-order valence-electron chi connectivity index (χ1n) is 9.23. The van der Waals surface area contributed by atoms with Crippen LogP contribution in [0.2, 0.25) is 0 Å². The van der Waals surface area contributed by atoms with Gasteiger partial charge in [-0.15, -0.1) is 0 Å². The molecule has 0 aliphatic carbocycles. The van der Waals surface area contributed by atoms with Crippen LogP contribution in [0.25, 0.3) is 0 Å². The van der Waals surface area contributed by atoms with Crippen LogP contribution in [0, 0.1) is 0 Å². The lowest BCUT2D eigenvalue weighted by molar-refractivity contribution is 0.168. The zero-order valence-electron chi connectivity index (χ0n) is 16.1. The van der Waals surface area contributed by atoms with Crippen LogP contribution >= 0.6 is 12.2 Å². The van der Waals surface area contributed by atoms with Crippen LogP contribution in [0.1, 0.15) is 12.5 Å². The van der Waals surface area contributed by atoms with Crippen molar-refractivity contribution in [2.24, 2.45) is 0 Å². The number of fused-ring (bicyclic) bond motifs is 1. The van der Waals surface area contributed by atoms with Crippen molar-refractivity contribution in [1.82, 2.24) is 10.2 Å². The number of anilines is 1. The highest BCUT2D eigenvalue weighted by Gasteiger charge is 2.25. The first kappa shape index (κ1) is 19.3. The summed E-state index contributed by atoms with van der Waals surface area (Å²) in [7, 11) is 3.67. The molecule has 2 aromatic rings. The standard InChI is InChI=1S/C21H27N3O2S/c1-4-24-15-18(26-20-8-6-5-7-19(20)24)14-23(2)21(27)22-13-16-9-11-17(25-3)12-10-16/h5-12,18H,4,13-15H2,1-3H3,(H,22,27)/t18-/m1/s1. The Kier molecular flexibility index (Phi) is 6.40. The fourth-order valence-corrected chi connectivity index (χ4v) is 3.36. The predicted molar refractivity (Wildman–Crippen MR) is 114 cm³/mol. The second-order valence-electron chi connectivity index (χ2n) is 6.63. The quantitative estimate of drug-likeness (QED) is 0.769. The molecular formula is C21H27N3O2S. The Hall–Kier alpha value is -2.47. The third-order valence-corrected chi connectivity index (χ3v) is 5.19. The van der Waals surface area contributed by atoms with E-state index in [1.807, 2.05) is 48.3 Å². The summed E-state index contributed by atoms with van der Waals surface area (Å²) >= 11 is 5.55. The Balaban J connectivity index is 1.53. The van der Waals surface area contributed by atoms with E-state index in [0.29, 0.717) is 6.54 Å². The van der Waals surface area contributed by atoms with E-state index in [-0.39, 0.29) is 6.10 Å². The van der Waals surface area contributed by atoms with Crippen molar-refractivity contribution in [3.63, 3.8) is 0 Å². The van der Waals surface area contributed by atoms with Crippen LogP contribution < -0.4 is 19.7 Å². The molecule has 1 atom stereocenters. The van der Waals surface area contributed by atoms with E-state index in [2.05, 4.69) is 29.3 Å². The molecule has 5 nitrogen and oxygen atoms in total. The highest BCUT2D eigenvalue weighted by Crippen LogP contribution is 2.32. The Bertz CT molecular complexity index is 766. The number of likely N-dealkylation sites (N-methyl/N-ethyl adjacent to an activating group) is 2. The molecule has 1 aliphatic rings. The third kappa shape index (κ3) is 4.83. The normalized spacial score (nSPS) is 15.5. The van der Waals surface area contributed by atoms with E-state index >= 15 is 0 Å². The summed E-state index contributed by atoms with van der Waals surface area (Å²) in [5.74, 6) is 1.80. The van der Waals surface area contributed by atoms with E-state index in [9.17, 15) is 0 Å². The largest absolute Gasteiger partial charge is 0.497 e. The lowest BCUT2D eigenvalue weighted by Crippen LogP contribution is -2.48. The van der Waals surface area contributed by atoms with Gasteiger partial charge in [0, 0.05) is 20.1 Å². The summed E-state index contributed by atoms with van der Waals surface area (Å²) in [6.07, 6.45) is 0.0746. The molecule has 3 rings (SSSR count). The van der Waals surface area contributed by atoms with E-state index in [1.54, 1.807) is 7.11 Å². The fourth-order valence-electron chi connectivity index (χ4n) is 3.22. The third-order valence-electron chi connectivity index (χ3n) is 4.73. The highest BCUT2D eigenvalue weighted by molar-refractivity contribution is 7.80. The number of nitrogens with zero attached hydrogens (tertiary/aromatic N) is 2. The summed E-state index contributed by atoms with van der Waals surface area (Å²) in [5.41, 5.74) is 2.32. The predicted octanol–water partition coefficient (Wildman–Crippen LogP) is 3.29. The molecule has 1 aliphatic heterocycles. The van der Waals surface area contributed by atoms with E-state index < -0.39 is 0 Å². The van der Waals surface area contributed by atoms with E-state index in [1.165, 1.54) is 5.69 Å². The van der Waals surface area contributed by atoms with Crippen molar-refractivity contribution >= 4 is 23.0 Å². The lowest BCUT2D eigenvalue weighted by atomic mass is 10.2. The van der Waals surface area contributed by atoms with Gasteiger partial charge >= 0.3 is 0 Å². The Morgan fingerprint density at radius 1 is 1.26 bits per heavy atom. The maximum absolute atomic E-state index is 6.19. The average Bonchev–Trinajstić information content (AvgIpc) is 2.71. The first-order chi connectivity index (χ1) is 13.1. The Morgan fingerprint density at radius 3 is 2.70 bits per heavy atom. The van der Waals surface area contributed by atoms with Crippen molar-refractivity contribution in [3.8, 4) is 11.5 Å².